The number of thioether (sulfide) groups is 1. The maximum Gasteiger partial charge on any atom is 0.233 e. The summed E-state index contributed by atoms with van der Waals surface area (Å²) in [6.07, 6.45) is 0. The molecule has 0 fully saturated rings. The molecule has 1 N–H and O–H groups in total. The van der Waals surface area contributed by atoms with Crippen LogP contribution in [0.3, 0.4) is 0 Å². The molecule has 0 aromatic heterocycles. The van der Waals surface area contributed by atoms with Gasteiger partial charge in [0.25, 0.3) is 0 Å². The van der Waals surface area contributed by atoms with Crippen molar-refractivity contribution in [3.8, 4) is 0 Å². The van der Waals surface area contributed by atoms with Gasteiger partial charge in [-0.15, -0.1) is 11.8 Å². The number of rotatable bonds is 6. The van der Waals surface area contributed by atoms with Gasteiger partial charge < -0.3 is 5.32 Å². The summed E-state index contributed by atoms with van der Waals surface area (Å²) in [5.41, 5.74) is 3.42. The molecule has 0 saturated heterocycles. The van der Waals surface area contributed by atoms with E-state index in [1.807, 2.05) is 31.2 Å². The molecule has 0 spiro atoms. The fourth-order valence-electron chi connectivity index (χ4n) is 1.95. The molecule has 2 aromatic rings. The monoisotopic (exact) mass is 333 g/mol. The van der Waals surface area contributed by atoms with Gasteiger partial charge in [0.2, 0.25) is 5.91 Å². The lowest BCUT2D eigenvalue weighted by Crippen LogP contribution is -2.30. The summed E-state index contributed by atoms with van der Waals surface area (Å²) >= 11 is 7.72. The van der Waals surface area contributed by atoms with Crippen LogP contribution < -0.4 is 5.32 Å². The molecule has 1 unspecified atom stereocenters. The highest BCUT2D eigenvalue weighted by molar-refractivity contribution is 7.99. The highest BCUT2D eigenvalue weighted by atomic mass is 35.5. The van der Waals surface area contributed by atoms with Gasteiger partial charge in [-0.2, -0.15) is 0 Å². The van der Waals surface area contributed by atoms with Crippen molar-refractivity contribution in [2.75, 3.05) is 0 Å². The zero-order valence-electron chi connectivity index (χ0n) is 12.8. The van der Waals surface area contributed by atoms with Crippen molar-refractivity contribution in [2.24, 2.45) is 0 Å². The average molecular weight is 334 g/mol. The van der Waals surface area contributed by atoms with Gasteiger partial charge in [-0.25, -0.2) is 0 Å². The fraction of sp³-hybridized carbons (Fsp3) is 0.278. The van der Waals surface area contributed by atoms with E-state index in [-0.39, 0.29) is 11.2 Å². The third-order valence-electron chi connectivity index (χ3n) is 3.40. The van der Waals surface area contributed by atoms with E-state index in [0.717, 1.165) is 11.3 Å². The predicted molar refractivity (Wildman–Crippen MR) is 95.2 cm³/mol. The number of hydrogen-bond donors (Lipinski definition) is 1. The summed E-state index contributed by atoms with van der Waals surface area (Å²) in [4.78, 5) is 12.1. The Morgan fingerprint density at radius 1 is 1.18 bits per heavy atom. The number of aryl methyl sites for hydroxylation is 1. The van der Waals surface area contributed by atoms with Crippen molar-refractivity contribution in [1.82, 2.24) is 5.32 Å². The highest BCUT2D eigenvalue weighted by Crippen LogP contribution is 2.19. The second-order valence-electron chi connectivity index (χ2n) is 5.25. The van der Waals surface area contributed by atoms with E-state index in [1.54, 1.807) is 11.8 Å². The van der Waals surface area contributed by atoms with Crippen LogP contribution in [0.5, 0.6) is 0 Å². The largest absolute Gasteiger partial charge is 0.351 e. The van der Waals surface area contributed by atoms with Gasteiger partial charge in [0.1, 0.15) is 0 Å². The minimum absolute atomic E-state index is 0.0389. The van der Waals surface area contributed by atoms with E-state index in [9.17, 15) is 4.79 Å². The molecule has 0 bridgehead atoms. The zero-order chi connectivity index (χ0) is 15.9. The van der Waals surface area contributed by atoms with Crippen molar-refractivity contribution < 1.29 is 4.79 Å². The molecule has 1 atom stereocenters. The van der Waals surface area contributed by atoms with E-state index in [2.05, 4.69) is 36.5 Å². The van der Waals surface area contributed by atoms with Crippen LogP contribution in [0, 0.1) is 6.92 Å². The van der Waals surface area contributed by atoms with Gasteiger partial charge in [0.05, 0.1) is 5.25 Å². The second kappa shape index (κ2) is 8.25. The van der Waals surface area contributed by atoms with E-state index in [4.69, 9.17) is 11.6 Å². The first-order valence-electron chi connectivity index (χ1n) is 7.24. The number of carbonyl (C=O) groups is 1. The predicted octanol–water partition coefficient (Wildman–Crippen LogP) is 4.59. The van der Waals surface area contributed by atoms with Gasteiger partial charge >= 0.3 is 0 Å². The number of carbonyl (C=O) groups excluding carboxylic acids is 1. The number of hydrogen-bond acceptors (Lipinski definition) is 2. The molecule has 0 saturated carbocycles. The molecule has 0 aliphatic heterocycles. The number of benzene rings is 2. The van der Waals surface area contributed by atoms with Gasteiger partial charge in [-0.1, -0.05) is 59.6 Å². The summed E-state index contributed by atoms with van der Waals surface area (Å²) in [5.74, 6) is 0.873. The quantitative estimate of drug-likeness (QED) is 0.838. The zero-order valence-corrected chi connectivity index (χ0v) is 14.4. The maximum absolute atomic E-state index is 12.1. The first-order valence-corrected chi connectivity index (χ1v) is 8.67. The third kappa shape index (κ3) is 5.08. The van der Waals surface area contributed by atoms with Crippen LogP contribution in [0.2, 0.25) is 5.02 Å². The summed E-state index contributed by atoms with van der Waals surface area (Å²) in [5, 5.41) is 3.53. The van der Waals surface area contributed by atoms with E-state index >= 15 is 0 Å². The number of halogens is 1. The smallest absolute Gasteiger partial charge is 0.233 e. The molecular weight excluding hydrogens is 314 g/mol. The van der Waals surface area contributed by atoms with E-state index < -0.39 is 0 Å². The lowest BCUT2D eigenvalue weighted by Gasteiger charge is -2.13. The lowest BCUT2D eigenvalue weighted by atomic mass is 10.2. The molecule has 116 valence electrons. The second-order valence-corrected chi connectivity index (χ2v) is 6.98. The standard InChI is InChI=1S/C18H20ClNOS/c1-13-7-9-15(10-8-13)12-22-14(2)18(21)20-11-16-5-3-4-6-17(16)19/h3-10,14H,11-12H2,1-2H3,(H,20,21). The summed E-state index contributed by atoms with van der Waals surface area (Å²) in [6, 6.07) is 16.0. The molecule has 1 amide bonds. The average Bonchev–Trinajstić information content (AvgIpc) is 2.53. The van der Waals surface area contributed by atoms with Crippen molar-refractivity contribution in [1.29, 1.82) is 0 Å². The van der Waals surface area contributed by atoms with Crippen LogP contribution in [0.25, 0.3) is 0 Å². The molecule has 2 aromatic carbocycles. The van der Waals surface area contributed by atoms with Crippen LogP contribution in [0.15, 0.2) is 48.5 Å². The molecule has 0 heterocycles. The molecule has 4 heteroatoms. The molecule has 0 radical (unpaired) electrons. The first kappa shape index (κ1) is 16.9. The van der Waals surface area contributed by atoms with Crippen LogP contribution >= 0.6 is 23.4 Å². The number of amides is 1. The Kier molecular flexibility index (Phi) is 6.34. The van der Waals surface area contributed by atoms with Crippen LogP contribution in [-0.4, -0.2) is 11.2 Å². The normalized spacial score (nSPS) is 12.0. The Bertz CT molecular complexity index is 627. The van der Waals surface area contributed by atoms with E-state index in [1.165, 1.54) is 11.1 Å². The van der Waals surface area contributed by atoms with Crippen LogP contribution in [-0.2, 0) is 17.1 Å². The number of nitrogens with one attached hydrogen (secondary N) is 1. The summed E-state index contributed by atoms with van der Waals surface area (Å²) in [6.45, 7) is 4.47. The third-order valence-corrected chi connectivity index (χ3v) is 4.98. The Morgan fingerprint density at radius 2 is 1.86 bits per heavy atom. The molecule has 0 aliphatic rings. The minimum atomic E-state index is -0.0937. The lowest BCUT2D eigenvalue weighted by molar-refractivity contribution is -0.120. The minimum Gasteiger partial charge on any atom is -0.351 e. The van der Waals surface area contributed by atoms with Crippen molar-refractivity contribution in [3.63, 3.8) is 0 Å². The molecule has 0 aliphatic carbocycles. The Hall–Kier alpha value is -1.45. The van der Waals surface area contributed by atoms with Crippen LogP contribution in [0.4, 0.5) is 0 Å². The topological polar surface area (TPSA) is 29.1 Å². The Balaban J connectivity index is 1.79. The van der Waals surface area contributed by atoms with Gasteiger partial charge in [0.15, 0.2) is 0 Å². The van der Waals surface area contributed by atoms with Gasteiger partial charge in [-0.3, -0.25) is 4.79 Å². The maximum atomic E-state index is 12.1. The van der Waals surface area contributed by atoms with Gasteiger partial charge in [0, 0.05) is 17.3 Å². The van der Waals surface area contributed by atoms with Crippen molar-refractivity contribution >= 4 is 29.3 Å². The molecule has 2 nitrogen and oxygen atoms in total. The summed E-state index contributed by atoms with van der Waals surface area (Å²) in [7, 11) is 0. The summed E-state index contributed by atoms with van der Waals surface area (Å²) < 4.78 is 0. The SMILES string of the molecule is Cc1ccc(CSC(C)C(=O)NCc2ccccc2Cl)cc1. The first-order chi connectivity index (χ1) is 10.6. The van der Waals surface area contributed by atoms with E-state index in [0.29, 0.717) is 11.6 Å². The van der Waals surface area contributed by atoms with Crippen molar-refractivity contribution in [3.05, 3.63) is 70.2 Å². The molecule has 22 heavy (non-hydrogen) atoms. The Labute approximate surface area is 141 Å². The molecular formula is C18H20ClNOS. The fourth-order valence-corrected chi connectivity index (χ4v) is 3.02. The van der Waals surface area contributed by atoms with Crippen molar-refractivity contribution in [2.45, 2.75) is 31.4 Å². The van der Waals surface area contributed by atoms with Crippen LogP contribution in [0.1, 0.15) is 23.6 Å². The highest BCUT2D eigenvalue weighted by Gasteiger charge is 2.13. The van der Waals surface area contributed by atoms with Gasteiger partial charge in [-0.05, 0) is 31.0 Å². The Morgan fingerprint density at radius 3 is 2.55 bits per heavy atom. The molecule has 2 rings (SSSR count).